The number of amidine groups is 1. The maximum atomic E-state index is 11.1. The smallest absolute Gasteiger partial charge is 0.545 e. The van der Waals surface area contributed by atoms with Gasteiger partial charge in [0.1, 0.15) is 5.69 Å². The molecule has 0 fully saturated rings. The van der Waals surface area contributed by atoms with Gasteiger partial charge in [0.15, 0.2) is 5.84 Å². The second-order valence-corrected chi connectivity index (χ2v) is 8.80. The summed E-state index contributed by atoms with van der Waals surface area (Å²) in [5, 5.41) is 16.7. The van der Waals surface area contributed by atoms with Crippen LogP contribution in [0.4, 0.5) is 5.69 Å². The number of aliphatic imine (C=N–C) groups is 2. The average molecular weight is 494 g/mol. The zero-order valence-electron chi connectivity index (χ0n) is 19.3. The number of aryl methyl sites for hydroxylation is 2. The molecule has 2 aliphatic heterocycles. The van der Waals surface area contributed by atoms with Crippen molar-refractivity contribution in [3.8, 4) is 0 Å². The van der Waals surface area contributed by atoms with Crippen LogP contribution in [0.2, 0.25) is 0 Å². The number of fused-ring (bicyclic) bond motifs is 1. The van der Waals surface area contributed by atoms with Crippen LogP contribution in [0.15, 0.2) is 92.4 Å². The van der Waals surface area contributed by atoms with Crippen molar-refractivity contribution in [2.75, 3.05) is 11.9 Å². The number of carboxylic acids is 1. The SMILES string of the molecule is Cc1cc(C2=NC(=CC=C3Sc4ccccc4N3C)C(c3ccc(C(=O)[O-])cc3)=N2)nn1C.[K+]. The van der Waals surface area contributed by atoms with Gasteiger partial charge in [-0.25, -0.2) is 9.98 Å². The number of nitrogens with zero attached hydrogens (tertiary/aromatic N) is 5. The summed E-state index contributed by atoms with van der Waals surface area (Å²) in [7, 11) is 3.92. The molecule has 2 aliphatic rings. The van der Waals surface area contributed by atoms with Crippen molar-refractivity contribution in [2.24, 2.45) is 17.0 Å². The Morgan fingerprint density at radius 3 is 2.41 bits per heavy atom. The monoisotopic (exact) mass is 493 g/mol. The molecule has 3 aromatic rings. The van der Waals surface area contributed by atoms with E-state index in [9.17, 15) is 9.90 Å². The predicted molar refractivity (Wildman–Crippen MR) is 129 cm³/mol. The number of carbonyl (C=O) groups excluding carboxylic acids is 1. The van der Waals surface area contributed by atoms with Crippen molar-refractivity contribution in [3.05, 3.63) is 100.0 Å². The molecule has 3 heterocycles. The largest absolute Gasteiger partial charge is 1.00 e. The van der Waals surface area contributed by atoms with Gasteiger partial charge in [0.25, 0.3) is 0 Å². The topological polar surface area (TPSA) is 85.9 Å². The van der Waals surface area contributed by atoms with E-state index < -0.39 is 5.97 Å². The molecule has 0 radical (unpaired) electrons. The molecule has 9 heteroatoms. The Kier molecular flexibility index (Phi) is 7.41. The van der Waals surface area contributed by atoms with Crippen LogP contribution in [0.1, 0.15) is 27.3 Å². The molecule has 0 unspecified atom stereocenters. The molecule has 5 rings (SSSR count). The molecule has 0 saturated heterocycles. The molecule has 1 aromatic heterocycles. The van der Waals surface area contributed by atoms with Crippen molar-refractivity contribution in [2.45, 2.75) is 11.8 Å². The van der Waals surface area contributed by atoms with Gasteiger partial charge in [0.05, 0.1) is 28.1 Å². The van der Waals surface area contributed by atoms with Crippen molar-refractivity contribution < 1.29 is 61.3 Å². The fourth-order valence-electron chi connectivity index (χ4n) is 3.65. The molecule has 0 saturated carbocycles. The van der Waals surface area contributed by atoms with Crippen molar-refractivity contribution in [1.82, 2.24) is 9.78 Å². The Hall–Kier alpha value is -2.27. The first kappa shape index (κ1) is 24.8. The molecule has 0 spiro atoms. The number of anilines is 1. The van der Waals surface area contributed by atoms with Crippen LogP contribution in [0.5, 0.6) is 0 Å². The summed E-state index contributed by atoms with van der Waals surface area (Å²) in [6.07, 6.45) is 3.97. The second-order valence-electron chi connectivity index (χ2n) is 7.74. The Morgan fingerprint density at radius 1 is 1.03 bits per heavy atom. The first-order valence-corrected chi connectivity index (χ1v) is 11.2. The summed E-state index contributed by atoms with van der Waals surface area (Å²) in [6.45, 7) is 1.97. The quantitative estimate of drug-likeness (QED) is 0.489. The number of thioether (sulfide) groups is 1. The summed E-state index contributed by atoms with van der Waals surface area (Å²) < 4.78 is 1.78. The van der Waals surface area contributed by atoms with Crippen LogP contribution < -0.4 is 61.4 Å². The summed E-state index contributed by atoms with van der Waals surface area (Å²) >= 11 is 1.70. The standard InChI is InChI=1S/C25H21N5O2S.K/c1-15-14-19(28-30(15)3)24-26-18(23(27-24)16-8-10-17(11-9-16)25(31)32)12-13-22-29(2)20-6-4-5-7-21(20)33-22;/h4-14H,1-3H3,(H,31,32);/q;+1/p-1. The Labute approximate surface area is 244 Å². The van der Waals surface area contributed by atoms with Gasteiger partial charge in [-0.05, 0) is 42.8 Å². The summed E-state index contributed by atoms with van der Waals surface area (Å²) in [4.78, 5) is 24.0. The van der Waals surface area contributed by atoms with Crippen LogP contribution in [0.25, 0.3) is 0 Å². The Bertz CT molecular complexity index is 1380. The minimum atomic E-state index is -1.21. The van der Waals surface area contributed by atoms with Crippen LogP contribution >= 0.6 is 11.8 Å². The minimum absolute atomic E-state index is 0. The van der Waals surface area contributed by atoms with Crippen LogP contribution in [0.3, 0.4) is 0 Å². The zero-order chi connectivity index (χ0) is 23.1. The van der Waals surface area contributed by atoms with Gasteiger partial charge < -0.3 is 14.8 Å². The van der Waals surface area contributed by atoms with E-state index >= 15 is 0 Å². The second kappa shape index (κ2) is 10.1. The summed E-state index contributed by atoms with van der Waals surface area (Å²) in [6, 6.07) is 16.7. The molecule has 34 heavy (non-hydrogen) atoms. The number of allylic oxidation sites excluding steroid dienone is 3. The number of rotatable bonds is 4. The number of para-hydroxylation sites is 1. The van der Waals surface area contributed by atoms with Gasteiger partial charge in [0, 0.05) is 30.2 Å². The maximum Gasteiger partial charge on any atom is 1.00 e. The molecule has 0 aliphatic carbocycles. The first-order valence-electron chi connectivity index (χ1n) is 10.3. The Morgan fingerprint density at radius 2 is 1.76 bits per heavy atom. The molecule has 0 N–H and O–H groups in total. The van der Waals surface area contributed by atoms with Gasteiger partial charge in [-0.2, -0.15) is 5.10 Å². The van der Waals surface area contributed by atoms with E-state index in [0.717, 1.165) is 16.3 Å². The zero-order valence-corrected chi connectivity index (χ0v) is 23.3. The molecule has 7 nitrogen and oxygen atoms in total. The number of hydrogen-bond acceptors (Lipinski definition) is 7. The number of carbonyl (C=O) groups is 1. The number of hydrogen-bond donors (Lipinski definition) is 0. The van der Waals surface area contributed by atoms with E-state index in [4.69, 9.17) is 9.98 Å². The van der Waals surface area contributed by atoms with E-state index in [1.165, 1.54) is 22.7 Å². The number of aromatic carboxylic acids is 1. The van der Waals surface area contributed by atoms with E-state index in [2.05, 4.69) is 22.1 Å². The third-order valence-corrected chi connectivity index (χ3v) is 6.76. The van der Waals surface area contributed by atoms with Gasteiger partial charge in [0.2, 0.25) is 0 Å². The van der Waals surface area contributed by atoms with E-state index in [1.807, 2.05) is 51.4 Å². The van der Waals surface area contributed by atoms with Crippen LogP contribution in [0, 0.1) is 6.92 Å². The first-order chi connectivity index (χ1) is 15.9. The van der Waals surface area contributed by atoms with E-state index in [-0.39, 0.29) is 56.9 Å². The number of carboxylic acid groups (broad SMARTS) is 1. The molecule has 0 atom stereocenters. The van der Waals surface area contributed by atoms with Crippen molar-refractivity contribution >= 4 is 35.0 Å². The van der Waals surface area contributed by atoms with Crippen LogP contribution in [-0.2, 0) is 7.05 Å². The number of benzene rings is 2. The summed E-state index contributed by atoms with van der Waals surface area (Å²) in [5.74, 6) is -0.685. The molecular weight excluding hydrogens is 473 g/mol. The fraction of sp³-hybridized carbons (Fsp3) is 0.120. The predicted octanol–water partition coefficient (Wildman–Crippen LogP) is 0.313. The number of aromatic nitrogens is 2. The van der Waals surface area contributed by atoms with E-state index in [0.29, 0.717) is 22.9 Å². The molecule has 2 aromatic carbocycles. The normalized spacial score (nSPS) is 17.0. The molecule has 0 bridgehead atoms. The van der Waals surface area contributed by atoms with Crippen molar-refractivity contribution in [3.63, 3.8) is 0 Å². The molecule has 0 amide bonds. The van der Waals surface area contributed by atoms with Crippen LogP contribution in [-0.4, -0.2) is 34.3 Å². The fourth-order valence-corrected chi connectivity index (χ4v) is 4.70. The summed E-state index contributed by atoms with van der Waals surface area (Å²) in [5.41, 5.74) is 5.10. The molecular formula is C25H20KN5O2S. The molecule has 164 valence electrons. The third kappa shape index (κ3) is 4.77. The third-order valence-electron chi connectivity index (χ3n) is 5.58. The minimum Gasteiger partial charge on any atom is -0.545 e. The van der Waals surface area contributed by atoms with Gasteiger partial charge in [-0.1, -0.05) is 48.2 Å². The average Bonchev–Trinajstić information content (AvgIpc) is 3.48. The van der Waals surface area contributed by atoms with Gasteiger partial charge in [-0.3, -0.25) is 4.68 Å². The van der Waals surface area contributed by atoms with Gasteiger partial charge in [-0.15, -0.1) is 0 Å². The van der Waals surface area contributed by atoms with E-state index in [1.54, 1.807) is 28.6 Å². The van der Waals surface area contributed by atoms with Gasteiger partial charge >= 0.3 is 51.4 Å². The maximum absolute atomic E-state index is 11.1. The van der Waals surface area contributed by atoms with Crippen molar-refractivity contribution in [1.29, 1.82) is 0 Å². The Balaban J connectivity index is 0.00000274.